The van der Waals surface area contributed by atoms with Crippen molar-refractivity contribution in [3.63, 3.8) is 0 Å². The van der Waals surface area contributed by atoms with E-state index in [1.807, 2.05) is 24.3 Å². The molecule has 2 saturated heterocycles. The summed E-state index contributed by atoms with van der Waals surface area (Å²) in [7, 11) is 2.93. The summed E-state index contributed by atoms with van der Waals surface area (Å²) in [6.07, 6.45) is 3.42. The molecule has 0 radical (unpaired) electrons. The van der Waals surface area contributed by atoms with Gasteiger partial charge < -0.3 is 19.1 Å². The quantitative estimate of drug-likeness (QED) is 0.618. The van der Waals surface area contributed by atoms with Gasteiger partial charge in [0.15, 0.2) is 0 Å². The molecular formula is C17H17NO5. The number of carbonyl (C=O) groups excluding carboxylic acids is 2. The molecule has 4 atom stereocenters. The number of benzene rings is 1. The van der Waals surface area contributed by atoms with Gasteiger partial charge in [0.2, 0.25) is 5.91 Å². The first kappa shape index (κ1) is 14.3. The number of nitrogens with zero attached hydrogens (tertiary/aromatic N) is 1. The van der Waals surface area contributed by atoms with E-state index in [2.05, 4.69) is 0 Å². The van der Waals surface area contributed by atoms with E-state index in [0.29, 0.717) is 6.54 Å². The van der Waals surface area contributed by atoms with Crippen LogP contribution < -0.4 is 9.64 Å². The zero-order valence-electron chi connectivity index (χ0n) is 12.9. The van der Waals surface area contributed by atoms with Crippen molar-refractivity contribution in [3.05, 3.63) is 36.4 Å². The van der Waals surface area contributed by atoms with E-state index in [1.54, 1.807) is 24.1 Å². The fourth-order valence-corrected chi connectivity index (χ4v) is 3.88. The molecule has 0 aliphatic carbocycles. The molecule has 0 saturated carbocycles. The van der Waals surface area contributed by atoms with Crippen LogP contribution in [0.15, 0.2) is 36.4 Å². The van der Waals surface area contributed by atoms with Crippen LogP contribution in [0.2, 0.25) is 0 Å². The van der Waals surface area contributed by atoms with Crippen LogP contribution in [-0.4, -0.2) is 44.3 Å². The van der Waals surface area contributed by atoms with Gasteiger partial charge in [-0.15, -0.1) is 0 Å². The van der Waals surface area contributed by atoms with Gasteiger partial charge in [-0.1, -0.05) is 12.2 Å². The predicted molar refractivity (Wildman–Crippen MR) is 81.1 cm³/mol. The molecule has 0 unspecified atom stereocenters. The lowest BCUT2D eigenvalue weighted by Crippen LogP contribution is -2.39. The number of fused-ring (bicyclic) bond motifs is 1. The zero-order valence-corrected chi connectivity index (χ0v) is 12.9. The first-order valence-corrected chi connectivity index (χ1v) is 7.50. The molecule has 0 aromatic heterocycles. The number of anilines is 1. The van der Waals surface area contributed by atoms with E-state index in [-0.39, 0.29) is 12.0 Å². The van der Waals surface area contributed by atoms with Crippen LogP contribution in [0.1, 0.15) is 0 Å². The maximum absolute atomic E-state index is 12.9. The Morgan fingerprint density at radius 1 is 1.30 bits per heavy atom. The predicted octanol–water partition coefficient (Wildman–Crippen LogP) is 1.15. The van der Waals surface area contributed by atoms with E-state index in [0.717, 1.165) is 11.4 Å². The highest BCUT2D eigenvalue weighted by Crippen LogP contribution is 2.52. The number of esters is 1. The highest BCUT2D eigenvalue weighted by Gasteiger charge is 2.67. The van der Waals surface area contributed by atoms with Crippen molar-refractivity contribution in [1.29, 1.82) is 0 Å². The molecule has 1 aromatic carbocycles. The monoisotopic (exact) mass is 315 g/mol. The summed E-state index contributed by atoms with van der Waals surface area (Å²) in [5.74, 6) is -0.857. The van der Waals surface area contributed by atoms with E-state index >= 15 is 0 Å². The second kappa shape index (κ2) is 4.83. The standard InChI is InChI=1S/C17H17NO5/c1-21-11-5-3-10(4-6-11)18-9-17-8-7-12(23-17)13(16(20)22-2)14(17)15(18)19/h3-8,12-14H,9H2,1-2H3/t12-,13+,14+,17+/m1/s1. The van der Waals surface area contributed by atoms with Crippen LogP contribution in [-0.2, 0) is 19.1 Å². The Morgan fingerprint density at radius 3 is 2.70 bits per heavy atom. The van der Waals surface area contributed by atoms with Gasteiger partial charge in [0.05, 0.1) is 32.8 Å². The Kier molecular flexibility index (Phi) is 2.99. The lowest BCUT2D eigenvalue weighted by atomic mass is 9.77. The molecule has 3 aliphatic rings. The summed E-state index contributed by atoms with van der Waals surface area (Å²) in [6.45, 7) is 0.406. The van der Waals surface area contributed by atoms with Crippen molar-refractivity contribution in [3.8, 4) is 5.75 Å². The second-order valence-corrected chi connectivity index (χ2v) is 6.05. The molecule has 3 heterocycles. The van der Waals surface area contributed by atoms with E-state index in [4.69, 9.17) is 14.2 Å². The first-order valence-electron chi connectivity index (χ1n) is 7.50. The van der Waals surface area contributed by atoms with Gasteiger partial charge in [0.1, 0.15) is 17.3 Å². The molecule has 1 spiro atoms. The van der Waals surface area contributed by atoms with Gasteiger partial charge >= 0.3 is 5.97 Å². The summed E-state index contributed by atoms with van der Waals surface area (Å²) < 4.78 is 16.0. The number of carbonyl (C=O) groups is 2. The third kappa shape index (κ3) is 1.84. The minimum Gasteiger partial charge on any atom is -0.497 e. The number of hydrogen-bond donors (Lipinski definition) is 0. The van der Waals surface area contributed by atoms with Crippen LogP contribution >= 0.6 is 0 Å². The maximum atomic E-state index is 12.9. The average Bonchev–Trinajstić information content (AvgIpc) is 3.22. The first-order chi connectivity index (χ1) is 11.1. The van der Waals surface area contributed by atoms with Gasteiger partial charge in [0, 0.05) is 5.69 Å². The number of methoxy groups -OCH3 is 2. The summed E-state index contributed by atoms with van der Waals surface area (Å²) in [4.78, 5) is 26.7. The van der Waals surface area contributed by atoms with Gasteiger partial charge in [-0.25, -0.2) is 0 Å². The number of rotatable bonds is 3. The molecule has 2 fully saturated rings. The van der Waals surface area contributed by atoms with Crippen LogP contribution in [0, 0.1) is 11.8 Å². The van der Waals surface area contributed by atoms with Crippen LogP contribution in [0.5, 0.6) is 5.75 Å². The summed E-state index contributed by atoms with van der Waals surface area (Å²) >= 11 is 0. The van der Waals surface area contributed by atoms with E-state index in [1.165, 1.54) is 7.11 Å². The summed E-state index contributed by atoms with van der Waals surface area (Å²) in [5.41, 5.74) is 0.0456. The summed E-state index contributed by atoms with van der Waals surface area (Å²) in [6, 6.07) is 7.27. The highest BCUT2D eigenvalue weighted by molar-refractivity contribution is 6.02. The number of amides is 1. The Morgan fingerprint density at radius 2 is 2.04 bits per heavy atom. The second-order valence-electron chi connectivity index (χ2n) is 6.05. The average molecular weight is 315 g/mol. The lowest BCUT2D eigenvalue weighted by Gasteiger charge is -2.22. The van der Waals surface area contributed by atoms with Crippen molar-refractivity contribution in [2.75, 3.05) is 25.7 Å². The molecule has 6 nitrogen and oxygen atoms in total. The van der Waals surface area contributed by atoms with Crippen molar-refractivity contribution < 1.29 is 23.8 Å². The van der Waals surface area contributed by atoms with Gasteiger partial charge in [0.25, 0.3) is 0 Å². The minimum atomic E-state index is -0.722. The van der Waals surface area contributed by atoms with Crippen molar-refractivity contribution in [2.24, 2.45) is 11.8 Å². The molecular weight excluding hydrogens is 298 g/mol. The van der Waals surface area contributed by atoms with Crippen molar-refractivity contribution >= 4 is 17.6 Å². The van der Waals surface area contributed by atoms with Crippen molar-refractivity contribution in [1.82, 2.24) is 0 Å². The Labute approximate surface area is 133 Å². The number of ether oxygens (including phenoxy) is 3. The SMILES string of the molecule is COC(=O)[C@@H]1[C@H]2C(=O)N(c3ccc(OC)cc3)C[C@@]23C=C[C@H]1O3. The summed E-state index contributed by atoms with van der Waals surface area (Å²) in [5, 5.41) is 0. The largest absolute Gasteiger partial charge is 0.497 e. The van der Waals surface area contributed by atoms with Crippen LogP contribution in [0.3, 0.4) is 0 Å². The zero-order chi connectivity index (χ0) is 16.2. The van der Waals surface area contributed by atoms with Gasteiger partial charge in [-0.05, 0) is 24.3 Å². The Hall–Kier alpha value is -2.34. The molecule has 1 amide bonds. The molecule has 3 aliphatic heterocycles. The minimum absolute atomic E-state index is 0.0996. The molecule has 4 rings (SSSR count). The molecule has 1 aromatic rings. The highest BCUT2D eigenvalue weighted by atomic mass is 16.5. The van der Waals surface area contributed by atoms with E-state index < -0.39 is 23.4 Å². The van der Waals surface area contributed by atoms with Crippen molar-refractivity contribution in [2.45, 2.75) is 11.7 Å². The Bertz CT molecular complexity index is 697. The number of hydrogen-bond acceptors (Lipinski definition) is 5. The maximum Gasteiger partial charge on any atom is 0.312 e. The van der Waals surface area contributed by atoms with Crippen LogP contribution in [0.4, 0.5) is 5.69 Å². The van der Waals surface area contributed by atoms with Gasteiger partial charge in [-0.3, -0.25) is 9.59 Å². The third-order valence-electron chi connectivity index (χ3n) is 4.96. The molecule has 23 heavy (non-hydrogen) atoms. The third-order valence-corrected chi connectivity index (χ3v) is 4.96. The van der Waals surface area contributed by atoms with Gasteiger partial charge in [-0.2, -0.15) is 0 Å². The van der Waals surface area contributed by atoms with Crippen LogP contribution in [0.25, 0.3) is 0 Å². The lowest BCUT2D eigenvalue weighted by molar-refractivity contribution is -0.149. The normalized spacial score (nSPS) is 33.9. The smallest absolute Gasteiger partial charge is 0.312 e. The molecule has 2 bridgehead atoms. The van der Waals surface area contributed by atoms with E-state index in [9.17, 15) is 9.59 Å². The molecule has 0 N–H and O–H groups in total. The fourth-order valence-electron chi connectivity index (χ4n) is 3.88. The topological polar surface area (TPSA) is 65.1 Å². The fraction of sp³-hybridized carbons (Fsp3) is 0.412. The molecule has 6 heteroatoms. The Balaban J connectivity index is 1.68. The molecule has 120 valence electrons.